The normalized spacial score (nSPS) is 17.9. The van der Waals surface area contributed by atoms with Crippen LogP contribution in [0.3, 0.4) is 0 Å². The lowest BCUT2D eigenvalue weighted by Gasteiger charge is -2.29. The van der Waals surface area contributed by atoms with E-state index < -0.39 is 11.9 Å². The molecule has 0 saturated carbocycles. The van der Waals surface area contributed by atoms with Gasteiger partial charge in [-0.3, -0.25) is 4.79 Å². The number of likely N-dealkylation sites (tertiary alicyclic amines) is 1. The molecule has 4 nitrogen and oxygen atoms in total. The molecule has 0 radical (unpaired) electrons. The number of methoxy groups -OCH3 is 1. The number of carboxylic acid groups (broad SMARTS) is 1. The van der Waals surface area contributed by atoms with Crippen molar-refractivity contribution in [3.8, 4) is 5.75 Å². The van der Waals surface area contributed by atoms with E-state index in [9.17, 15) is 9.90 Å². The highest BCUT2D eigenvalue weighted by molar-refractivity contribution is 5.77. The SMILES string of the molecule is COc1ccccc1C(CN1CCCCC1)C(=O)O. The zero-order valence-corrected chi connectivity index (χ0v) is 11.3. The molecule has 2 rings (SSSR count). The maximum atomic E-state index is 11.6. The van der Waals surface area contributed by atoms with Crippen molar-refractivity contribution in [2.24, 2.45) is 0 Å². The van der Waals surface area contributed by atoms with Crippen molar-refractivity contribution < 1.29 is 14.6 Å². The van der Waals surface area contributed by atoms with E-state index in [0.29, 0.717) is 12.3 Å². The van der Waals surface area contributed by atoms with E-state index in [0.717, 1.165) is 31.5 Å². The van der Waals surface area contributed by atoms with Gasteiger partial charge in [0.15, 0.2) is 0 Å². The van der Waals surface area contributed by atoms with Gasteiger partial charge in [0.1, 0.15) is 5.75 Å². The highest BCUT2D eigenvalue weighted by Crippen LogP contribution is 2.28. The molecule has 0 bridgehead atoms. The van der Waals surface area contributed by atoms with Crippen LogP contribution in [0, 0.1) is 0 Å². The number of rotatable bonds is 5. The van der Waals surface area contributed by atoms with E-state index in [4.69, 9.17) is 4.74 Å². The van der Waals surface area contributed by atoms with Gasteiger partial charge in [-0.25, -0.2) is 0 Å². The van der Waals surface area contributed by atoms with Gasteiger partial charge in [-0.15, -0.1) is 0 Å². The molecule has 104 valence electrons. The van der Waals surface area contributed by atoms with Crippen LogP contribution in [0.25, 0.3) is 0 Å². The van der Waals surface area contributed by atoms with E-state index in [1.807, 2.05) is 24.3 Å². The van der Waals surface area contributed by atoms with Crippen LogP contribution in [0.5, 0.6) is 5.75 Å². The summed E-state index contributed by atoms with van der Waals surface area (Å²) in [6.07, 6.45) is 3.58. The molecule has 1 saturated heterocycles. The highest BCUT2D eigenvalue weighted by atomic mass is 16.5. The number of piperidine rings is 1. The van der Waals surface area contributed by atoms with Crippen molar-refractivity contribution in [1.29, 1.82) is 0 Å². The maximum Gasteiger partial charge on any atom is 0.312 e. The maximum absolute atomic E-state index is 11.6. The number of para-hydroxylation sites is 1. The molecule has 1 aliphatic heterocycles. The fraction of sp³-hybridized carbons (Fsp3) is 0.533. The van der Waals surface area contributed by atoms with E-state index >= 15 is 0 Å². The van der Waals surface area contributed by atoms with E-state index in [1.165, 1.54) is 6.42 Å². The third-order valence-corrected chi connectivity index (χ3v) is 3.70. The Morgan fingerprint density at radius 1 is 1.32 bits per heavy atom. The second-order valence-electron chi connectivity index (χ2n) is 4.99. The molecule has 0 aliphatic carbocycles. The third kappa shape index (κ3) is 3.47. The number of nitrogens with zero attached hydrogens (tertiary/aromatic N) is 1. The Balaban J connectivity index is 2.17. The molecule has 1 aromatic rings. The second kappa shape index (κ2) is 6.57. The van der Waals surface area contributed by atoms with Crippen molar-refractivity contribution in [1.82, 2.24) is 4.90 Å². The number of ether oxygens (including phenoxy) is 1. The summed E-state index contributed by atoms with van der Waals surface area (Å²) in [4.78, 5) is 13.8. The summed E-state index contributed by atoms with van der Waals surface area (Å²) in [5.74, 6) is -0.642. The first-order valence-corrected chi connectivity index (χ1v) is 6.80. The number of hydrogen-bond donors (Lipinski definition) is 1. The predicted molar refractivity (Wildman–Crippen MR) is 73.7 cm³/mol. The van der Waals surface area contributed by atoms with Crippen LogP contribution in [0.1, 0.15) is 30.7 Å². The Kier molecular flexibility index (Phi) is 4.80. The Morgan fingerprint density at radius 2 is 2.00 bits per heavy atom. The van der Waals surface area contributed by atoms with Crippen molar-refractivity contribution >= 4 is 5.97 Å². The minimum Gasteiger partial charge on any atom is -0.496 e. The van der Waals surface area contributed by atoms with Gasteiger partial charge in [0.2, 0.25) is 0 Å². The van der Waals surface area contributed by atoms with Crippen molar-refractivity contribution in [3.63, 3.8) is 0 Å². The first kappa shape index (κ1) is 13.9. The molecule has 1 N–H and O–H groups in total. The van der Waals surface area contributed by atoms with Crippen molar-refractivity contribution in [3.05, 3.63) is 29.8 Å². The van der Waals surface area contributed by atoms with E-state index in [1.54, 1.807) is 7.11 Å². The number of carbonyl (C=O) groups is 1. The summed E-state index contributed by atoms with van der Waals surface area (Å²) in [6, 6.07) is 7.40. The Bertz CT molecular complexity index is 427. The van der Waals surface area contributed by atoms with Crippen LogP contribution in [-0.4, -0.2) is 42.7 Å². The van der Waals surface area contributed by atoms with Gasteiger partial charge in [-0.1, -0.05) is 24.6 Å². The van der Waals surface area contributed by atoms with Gasteiger partial charge in [-0.2, -0.15) is 0 Å². The van der Waals surface area contributed by atoms with Crippen LogP contribution in [0.15, 0.2) is 24.3 Å². The molecule has 1 atom stereocenters. The minimum atomic E-state index is -0.782. The molecule has 1 unspecified atom stereocenters. The number of aliphatic carboxylic acids is 1. The Labute approximate surface area is 114 Å². The number of benzene rings is 1. The summed E-state index contributed by atoms with van der Waals surface area (Å²) in [5, 5.41) is 9.50. The molecule has 0 aromatic heterocycles. The highest BCUT2D eigenvalue weighted by Gasteiger charge is 2.26. The van der Waals surface area contributed by atoms with Crippen LogP contribution in [-0.2, 0) is 4.79 Å². The first-order chi connectivity index (χ1) is 9.22. The fourth-order valence-electron chi connectivity index (χ4n) is 2.66. The summed E-state index contributed by atoms with van der Waals surface area (Å²) in [6.45, 7) is 2.56. The molecule has 1 aliphatic rings. The van der Waals surface area contributed by atoms with Crippen molar-refractivity contribution in [2.75, 3.05) is 26.7 Å². The molecule has 1 aromatic carbocycles. The largest absolute Gasteiger partial charge is 0.496 e. The molecule has 19 heavy (non-hydrogen) atoms. The Morgan fingerprint density at radius 3 is 2.63 bits per heavy atom. The van der Waals surface area contributed by atoms with Gasteiger partial charge in [0.25, 0.3) is 0 Å². The van der Waals surface area contributed by atoms with Crippen LogP contribution in [0.4, 0.5) is 0 Å². The molecule has 0 amide bonds. The minimum absolute atomic E-state index is 0.519. The molecule has 1 fully saturated rings. The molecule has 4 heteroatoms. The van der Waals surface area contributed by atoms with Gasteiger partial charge in [0.05, 0.1) is 13.0 Å². The topological polar surface area (TPSA) is 49.8 Å². The van der Waals surface area contributed by atoms with Gasteiger partial charge in [-0.05, 0) is 32.0 Å². The molecular formula is C15H21NO3. The lowest BCUT2D eigenvalue weighted by Crippen LogP contribution is -2.35. The first-order valence-electron chi connectivity index (χ1n) is 6.80. The lowest BCUT2D eigenvalue weighted by atomic mass is 9.96. The summed E-state index contributed by atoms with van der Waals surface area (Å²) in [7, 11) is 1.58. The number of carboxylic acids is 1. The standard InChI is InChI=1S/C15H21NO3/c1-19-14-8-4-3-7-12(14)13(15(17)18)11-16-9-5-2-6-10-16/h3-4,7-8,13H,2,5-6,9-11H2,1H3,(H,17,18). The van der Waals surface area contributed by atoms with Gasteiger partial charge in [0, 0.05) is 12.1 Å². The van der Waals surface area contributed by atoms with Crippen LogP contribution in [0.2, 0.25) is 0 Å². The number of hydrogen-bond acceptors (Lipinski definition) is 3. The fourth-order valence-corrected chi connectivity index (χ4v) is 2.66. The monoisotopic (exact) mass is 263 g/mol. The van der Waals surface area contributed by atoms with Crippen molar-refractivity contribution in [2.45, 2.75) is 25.2 Å². The zero-order valence-electron chi connectivity index (χ0n) is 11.3. The third-order valence-electron chi connectivity index (χ3n) is 3.70. The zero-order chi connectivity index (χ0) is 13.7. The molecule has 1 heterocycles. The molecular weight excluding hydrogens is 242 g/mol. The smallest absolute Gasteiger partial charge is 0.312 e. The summed E-state index contributed by atoms with van der Waals surface area (Å²) in [5.41, 5.74) is 0.767. The molecule has 0 spiro atoms. The van der Waals surface area contributed by atoms with Crippen LogP contribution >= 0.6 is 0 Å². The predicted octanol–water partition coefficient (Wildman–Crippen LogP) is 2.35. The average Bonchev–Trinajstić information content (AvgIpc) is 2.45. The average molecular weight is 263 g/mol. The van der Waals surface area contributed by atoms with E-state index in [-0.39, 0.29) is 0 Å². The van der Waals surface area contributed by atoms with Gasteiger partial charge >= 0.3 is 5.97 Å². The summed E-state index contributed by atoms with van der Waals surface area (Å²) < 4.78 is 5.28. The second-order valence-corrected chi connectivity index (χ2v) is 4.99. The van der Waals surface area contributed by atoms with E-state index in [2.05, 4.69) is 4.90 Å². The quantitative estimate of drug-likeness (QED) is 0.886. The summed E-state index contributed by atoms with van der Waals surface area (Å²) >= 11 is 0. The Hall–Kier alpha value is -1.55. The van der Waals surface area contributed by atoms with Gasteiger partial charge < -0.3 is 14.7 Å². The lowest BCUT2D eigenvalue weighted by molar-refractivity contribution is -0.139. The van der Waals surface area contributed by atoms with Crippen LogP contribution < -0.4 is 4.74 Å².